The maximum atomic E-state index is 5.54. The van der Waals surface area contributed by atoms with Crippen molar-refractivity contribution in [3.8, 4) is 0 Å². The zero-order valence-corrected chi connectivity index (χ0v) is 10.0. The molecule has 2 aliphatic heterocycles. The van der Waals surface area contributed by atoms with Crippen LogP contribution in [0.15, 0.2) is 4.52 Å². The van der Waals surface area contributed by atoms with Gasteiger partial charge in [0.15, 0.2) is 0 Å². The van der Waals surface area contributed by atoms with Crippen LogP contribution in [0.4, 0.5) is 0 Å². The van der Waals surface area contributed by atoms with Gasteiger partial charge in [0, 0.05) is 19.1 Å². The van der Waals surface area contributed by atoms with E-state index in [0.717, 1.165) is 44.1 Å². The highest BCUT2D eigenvalue weighted by Gasteiger charge is 2.24. The number of hydrogen-bond acceptors (Lipinski definition) is 5. The van der Waals surface area contributed by atoms with Crippen LogP contribution in [-0.2, 0) is 11.2 Å². The Hall–Kier alpha value is -0.940. The summed E-state index contributed by atoms with van der Waals surface area (Å²) in [5.74, 6) is 1.48. The lowest BCUT2D eigenvalue weighted by atomic mass is 10.0. The second-order valence-corrected chi connectivity index (χ2v) is 4.90. The number of hydrogen-bond donors (Lipinski definition) is 1. The number of ether oxygens (including phenoxy) is 1. The summed E-state index contributed by atoms with van der Waals surface area (Å²) in [6.45, 7) is 1.93. The van der Waals surface area contributed by atoms with Gasteiger partial charge in [0.2, 0.25) is 11.7 Å². The number of nitrogens with one attached hydrogen (secondary N) is 1. The number of rotatable bonds is 3. The van der Waals surface area contributed by atoms with Crippen LogP contribution in [0.5, 0.6) is 0 Å². The molecule has 0 aliphatic carbocycles. The molecule has 0 radical (unpaired) electrons. The minimum absolute atomic E-state index is 0.0619. The van der Waals surface area contributed by atoms with E-state index in [2.05, 4.69) is 15.5 Å². The average molecular weight is 237 g/mol. The van der Waals surface area contributed by atoms with Crippen LogP contribution in [0.25, 0.3) is 0 Å². The van der Waals surface area contributed by atoms with Crippen LogP contribution in [0.3, 0.4) is 0 Å². The molecule has 0 bridgehead atoms. The van der Waals surface area contributed by atoms with Crippen LogP contribution in [-0.4, -0.2) is 29.3 Å². The second-order valence-electron chi connectivity index (χ2n) is 4.90. The van der Waals surface area contributed by atoms with Crippen molar-refractivity contribution in [3.63, 3.8) is 0 Å². The quantitative estimate of drug-likeness (QED) is 0.865. The zero-order chi connectivity index (χ0) is 11.5. The Labute approximate surface area is 101 Å². The van der Waals surface area contributed by atoms with E-state index in [-0.39, 0.29) is 6.10 Å². The molecule has 1 N–H and O–H groups in total. The summed E-state index contributed by atoms with van der Waals surface area (Å²) in [6, 6.07) is 0.501. The number of piperidine rings is 1. The summed E-state index contributed by atoms with van der Waals surface area (Å²) >= 11 is 0. The fourth-order valence-corrected chi connectivity index (χ4v) is 2.57. The van der Waals surface area contributed by atoms with Crippen LogP contribution in [0.2, 0.25) is 0 Å². The van der Waals surface area contributed by atoms with E-state index in [1.54, 1.807) is 0 Å². The molecule has 5 nitrogen and oxygen atoms in total. The molecule has 17 heavy (non-hydrogen) atoms. The summed E-state index contributed by atoms with van der Waals surface area (Å²) in [4.78, 5) is 4.44. The molecule has 0 saturated carbocycles. The van der Waals surface area contributed by atoms with E-state index in [4.69, 9.17) is 9.26 Å². The molecule has 0 aromatic carbocycles. The Morgan fingerprint density at radius 2 is 2.24 bits per heavy atom. The molecule has 2 saturated heterocycles. The molecule has 0 spiro atoms. The predicted octanol–water partition coefficient (Wildman–Crippen LogP) is 1.61. The average Bonchev–Trinajstić information content (AvgIpc) is 3.00. The molecule has 2 unspecified atom stereocenters. The normalized spacial score (nSPS) is 29.6. The molecule has 3 heterocycles. The summed E-state index contributed by atoms with van der Waals surface area (Å²) in [5, 5.41) is 7.51. The van der Waals surface area contributed by atoms with Gasteiger partial charge in [-0.2, -0.15) is 4.98 Å². The fraction of sp³-hybridized carbons (Fsp3) is 0.833. The first kappa shape index (κ1) is 11.2. The van der Waals surface area contributed by atoms with Gasteiger partial charge in [-0.05, 0) is 32.2 Å². The van der Waals surface area contributed by atoms with Gasteiger partial charge in [-0.1, -0.05) is 11.6 Å². The lowest BCUT2D eigenvalue weighted by Crippen LogP contribution is -2.35. The van der Waals surface area contributed by atoms with E-state index in [1.165, 1.54) is 19.3 Å². The van der Waals surface area contributed by atoms with E-state index < -0.39 is 0 Å². The summed E-state index contributed by atoms with van der Waals surface area (Å²) in [6.07, 6.45) is 6.80. The standard InChI is InChI=1S/C12H19N3O2/c1-2-6-13-9(4-1)8-11-14-12(15-17-11)10-5-3-7-16-10/h9-10,13H,1-8H2. The van der Waals surface area contributed by atoms with E-state index in [1.807, 2.05) is 0 Å². The van der Waals surface area contributed by atoms with Gasteiger partial charge in [0.25, 0.3) is 0 Å². The largest absolute Gasteiger partial charge is 0.370 e. The maximum Gasteiger partial charge on any atom is 0.228 e. The van der Waals surface area contributed by atoms with Gasteiger partial charge in [-0.3, -0.25) is 0 Å². The smallest absolute Gasteiger partial charge is 0.228 e. The molecule has 1 aromatic rings. The van der Waals surface area contributed by atoms with Crippen LogP contribution >= 0.6 is 0 Å². The molecule has 2 fully saturated rings. The molecule has 3 rings (SSSR count). The van der Waals surface area contributed by atoms with Gasteiger partial charge in [0.05, 0.1) is 0 Å². The summed E-state index contributed by atoms with van der Waals surface area (Å²) in [7, 11) is 0. The van der Waals surface area contributed by atoms with Crippen molar-refractivity contribution in [2.75, 3.05) is 13.2 Å². The molecule has 2 aliphatic rings. The lowest BCUT2D eigenvalue weighted by molar-refractivity contribution is 0.103. The van der Waals surface area contributed by atoms with Crippen molar-refractivity contribution in [1.82, 2.24) is 15.5 Å². The third-order valence-corrected chi connectivity index (χ3v) is 3.53. The number of nitrogens with zero attached hydrogens (tertiary/aromatic N) is 2. The summed E-state index contributed by atoms with van der Waals surface area (Å²) < 4.78 is 10.8. The Morgan fingerprint density at radius 3 is 3.00 bits per heavy atom. The van der Waals surface area contributed by atoms with Gasteiger partial charge >= 0.3 is 0 Å². The van der Waals surface area contributed by atoms with Gasteiger partial charge < -0.3 is 14.6 Å². The molecule has 5 heteroatoms. The zero-order valence-electron chi connectivity index (χ0n) is 10.0. The molecular formula is C12H19N3O2. The topological polar surface area (TPSA) is 60.2 Å². The minimum Gasteiger partial charge on any atom is -0.370 e. The Morgan fingerprint density at radius 1 is 1.24 bits per heavy atom. The highest BCUT2D eigenvalue weighted by molar-refractivity contribution is 4.95. The van der Waals surface area contributed by atoms with Gasteiger partial charge in [-0.25, -0.2) is 0 Å². The molecule has 94 valence electrons. The van der Waals surface area contributed by atoms with Crippen molar-refractivity contribution in [2.45, 2.75) is 50.7 Å². The van der Waals surface area contributed by atoms with Crippen molar-refractivity contribution < 1.29 is 9.26 Å². The third-order valence-electron chi connectivity index (χ3n) is 3.53. The highest BCUT2D eigenvalue weighted by atomic mass is 16.5. The van der Waals surface area contributed by atoms with Crippen LogP contribution in [0.1, 0.15) is 49.9 Å². The fourth-order valence-electron chi connectivity index (χ4n) is 2.57. The SMILES string of the molecule is C1CCC(Cc2nc(C3CCCO3)no2)NC1. The Kier molecular flexibility index (Phi) is 3.38. The van der Waals surface area contributed by atoms with Gasteiger partial charge in [0.1, 0.15) is 6.10 Å². The van der Waals surface area contributed by atoms with E-state index in [9.17, 15) is 0 Å². The molecule has 2 atom stereocenters. The van der Waals surface area contributed by atoms with Crippen molar-refractivity contribution in [2.24, 2.45) is 0 Å². The van der Waals surface area contributed by atoms with Crippen LogP contribution < -0.4 is 5.32 Å². The predicted molar refractivity (Wildman–Crippen MR) is 61.6 cm³/mol. The first-order chi connectivity index (χ1) is 8.42. The highest BCUT2D eigenvalue weighted by Crippen LogP contribution is 2.26. The molecule has 0 amide bonds. The van der Waals surface area contributed by atoms with Crippen LogP contribution in [0, 0.1) is 0 Å². The van der Waals surface area contributed by atoms with Crippen molar-refractivity contribution in [1.29, 1.82) is 0 Å². The van der Waals surface area contributed by atoms with Crippen molar-refractivity contribution in [3.05, 3.63) is 11.7 Å². The maximum absolute atomic E-state index is 5.54. The second kappa shape index (κ2) is 5.14. The summed E-state index contributed by atoms with van der Waals surface area (Å²) in [5.41, 5.74) is 0. The first-order valence-electron chi connectivity index (χ1n) is 6.59. The third kappa shape index (κ3) is 2.66. The van der Waals surface area contributed by atoms with Gasteiger partial charge in [-0.15, -0.1) is 0 Å². The molecular weight excluding hydrogens is 218 g/mol. The van der Waals surface area contributed by atoms with Crippen molar-refractivity contribution >= 4 is 0 Å². The van der Waals surface area contributed by atoms with E-state index >= 15 is 0 Å². The van der Waals surface area contributed by atoms with E-state index in [0.29, 0.717) is 6.04 Å². The lowest BCUT2D eigenvalue weighted by Gasteiger charge is -2.21. The molecule has 1 aromatic heterocycles. The minimum atomic E-state index is 0.0619. The monoisotopic (exact) mass is 237 g/mol. The number of aromatic nitrogens is 2. The Balaban J connectivity index is 1.59. The Bertz CT molecular complexity index is 354. The first-order valence-corrected chi connectivity index (χ1v) is 6.59.